The molecule has 1 aromatic heterocycles. The highest BCUT2D eigenvalue weighted by Crippen LogP contribution is 2.15. The van der Waals surface area contributed by atoms with Crippen LogP contribution < -0.4 is 10.2 Å². The van der Waals surface area contributed by atoms with Crippen LogP contribution in [-0.4, -0.2) is 39.5 Å². The predicted octanol–water partition coefficient (Wildman–Crippen LogP) is 0.944. The van der Waals surface area contributed by atoms with Gasteiger partial charge in [0.25, 0.3) is 0 Å². The van der Waals surface area contributed by atoms with E-state index in [0.29, 0.717) is 17.8 Å². The fourth-order valence-electron chi connectivity index (χ4n) is 1.82. The second kappa shape index (κ2) is 7.45. The zero-order valence-corrected chi connectivity index (χ0v) is 12.8. The highest BCUT2D eigenvalue weighted by atomic mass is 32.2. The molecule has 2 aromatic rings. The number of rotatable bonds is 6. The van der Waals surface area contributed by atoms with Crippen molar-refractivity contribution in [2.24, 2.45) is 0 Å². The third-order valence-corrected chi connectivity index (χ3v) is 3.51. The van der Waals surface area contributed by atoms with Crippen LogP contribution in [0.25, 0.3) is 0 Å². The van der Waals surface area contributed by atoms with Gasteiger partial charge in [0.05, 0.1) is 6.61 Å². The van der Waals surface area contributed by atoms with Gasteiger partial charge in [-0.3, -0.25) is 0 Å². The number of hydrogen-bond acceptors (Lipinski definition) is 6. The molecule has 0 bridgehead atoms. The van der Waals surface area contributed by atoms with Crippen molar-refractivity contribution >= 4 is 24.3 Å². The van der Waals surface area contributed by atoms with Gasteiger partial charge in [-0.05, 0) is 37.5 Å². The highest BCUT2D eigenvalue weighted by Gasteiger charge is 2.11. The largest absolute Gasteiger partial charge is 0.493 e. The fraction of sp³-hybridized carbons (Fsp3) is 0.286. The number of benzene rings is 1. The maximum Gasteiger partial charge on any atom is 0.488 e. The van der Waals surface area contributed by atoms with Gasteiger partial charge in [0, 0.05) is 17.1 Å². The van der Waals surface area contributed by atoms with E-state index in [4.69, 9.17) is 14.8 Å². The molecule has 0 atom stereocenters. The first-order valence-electron chi connectivity index (χ1n) is 6.58. The highest BCUT2D eigenvalue weighted by molar-refractivity contribution is 7.99. The lowest BCUT2D eigenvalue weighted by molar-refractivity contribution is 0.343. The van der Waals surface area contributed by atoms with Gasteiger partial charge in [0.15, 0.2) is 5.16 Å². The summed E-state index contributed by atoms with van der Waals surface area (Å²) in [5.41, 5.74) is 2.32. The number of aryl methyl sites for hydroxylation is 2. The number of ether oxygens (including phenoxy) is 1. The Labute approximate surface area is 128 Å². The van der Waals surface area contributed by atoms with Crippen LogP contribution >= 0.6 is 11.8 Å². The second-order valence-electron chi connectivity index (χ2n) is 4.58. The molecule has 0 amide bonds. The van der Waals surface area contributed by atoms with Crippen molar-refractivity contribution in [2.45, 2.75) is 19.0 Å². The van der Waals surface area contributed by atoms with Gasteiger partial charge in [-0.15, -0.1) is 0 Å². The zero-order chi connectivity index (χ0) is 15.2. The summed E-state index contributed by atoms with van der Waals surface area (Å²) in [6.45, 7) is 4.38. The molecule has 0 fully saturated rings. The minimum absolute atomic E-state index is 0.415. The maximum absolute atomic E-state index is 9.10. The van der Waals surface area contributed by atoms with Crippen LogP contribution in [0.4, 0.5) is 0 Å². The molecule has 1 heterocycles. The first-order valence-corrected chi connectivity index (χ1v) is 7.57. The molecule has 7 heteroatoms. The van der Waals surface area contributed by atoms with Crippen LogP contribution in [0, 0.1) is 13.8 Å². The van der Waals surface area contributed by atoms with Gasteiger partial charge in [-0.25, -0.2) is 9.97 Å². The molecule has 2 rings (SSSR count). The van der Waals surface area contributed by atoms with Crippen LogP contribution in [0.2, 0.25) is 0 Å². The summed E-state index contributed by atoms with van der Waals surface area (Å²) < 4.78 is 5.58. The molecule has 0 aliphatic rings. The van der Waals surface area contributed by atoms with Gasteiger partial charge in [-0.2, -0.15) is 0 Å². The van der Waals surface area contributed by atoms with Crippen LogP contribution in [0.15, 0.2) is 35.5 Å². The summed E-state index contributed by atoms with van der Waals surface area (Å²) in [6, 6.07) is 8.69. The van der Waals surface area contributed by atoms with E-state index < -0.39 is 7.12 Å². The van der Waals surface area contributed by atoms with E-state index in [1.807, 2.05) is 19.9 Å². The molecular weight excluding hydrogens is 287 g/mol. The topological polar surface area (TPSA) is 75.5 Å². The van der Waals surface area contributed by atoms with E-state index in [-0.39, 0.29) is 0 Å². The average molecular weight is 304 g/mol. The van der Waals surface area contributed by atoms with Crippen LogP contribution in [-0.2, 0) is 0 Å². The predicted molar refractivity (Wildman–Crippen MR) is 84.0 cm³/mol. The van der Waals surface area contributed by atoms with Gasteiger partial charge in [0.2, 0.25) is 0 Å². The monoisotopic (exact) mass is 304 g/mol. The fourth-order valence-corrected chi connectivity index (χ4v) is 2.58. The summed E-state index contributed by atoms with van der Waals surface area (Å²) in [7, 11) is -1.48. The van der Waals surface area contributed by atoms with Crippen molar-refractivity contribution in [2.75, 3.05) is 12.4 Å². The summed E-state index contributed by atoms with van der Waals surface area (Å²) in [4.78, 5) is 8.69. The molecule has 1 aromatic carbocycles. The van der Waals surface area contributed by atoms with E-state index in [9.17, 15) is 0 Å². The lowest BCUT2D eigenvalue weighted by atomic mass is 9.80. The lowest BCUT2D eigenvalue weighted by Gasteiger charge is -2.07. The van der Waals surface area contributed by atoms with E-state index in [1.165, 1.54) is 11.8 Å². The molecule has 0 spiro atoms. The van der Waals surface area contributed by atoms with Gasteiger partial charge in [0.1, 0.15) is 5.75 Å². The minimum Gasteiger partial charge on any atom is -0.493 e. The molecule has 2 N–H and O–H groups in total. The number of thioether (sulfide) groups is 1. The van der Waals surface area contributed by atoms with Crippen molar-refractivity contribution in [3.05, 3.63) is 41.7 Å². The molecule has 0 aliphatic carbocycles. The zero-order valence-electron chi connectivity index (χ0n) is 12.0. The standard InChI is InChI=1S/C14H17BN2O3S/c1-10-8-11(2)17-14(16-10)21-7-6-20-13-5-3-4-12(9-13)15(18)19/h3-5,8-9,18-19H,6-7H2,1-2H3. The number of hydrogen-bond donors (Lipinski definition) is 2. The Bertz CT molecular complexity index is 590. The normalized spacial score (nSPS) is 10.5. The van der Waals surface area contributed by atoms with E-state index in [1.54, 1.807) is 24.3 Å². The smallest absolute Gasteiger partial charge is 0.488 e. The summed E-state index contributed by atoms with van der Waals surface area (Å²) in [6.07, 6.45) is 0. The lowest BCUT2D eigenvalue weighted by Crippen LogP contribution is -2.29. The average Bonchev–Trinajstić information content (AvgIpc) is 2.43. The third-order valence-electron chi connectivity index (χ3n) is 2.70. The van der Waals surface area contributed by atoms with Gasteiger partial charge in [-0.1, -0.05) is 23.9 Å². The third kappa shape index (κ3) is 5.04. The van der Waals surface area contributed by atoms with Crippen molar-refractivity contribution in [3.8, 4) is 5.75 Å². The Kier molecular flexibility index (Phi) is 5.61. The molecule has 0 saturated heterocycles. The molecule has 5 nitrogen and oxygen atoms in total. The summed E-state index contributed by atoms with van der Waals surface area (Å²) in [5, 5.41) is 18.9. The maximum atomic E-state index is 9.10. The molecule has 0 radical (unpaired) electrons. The Morgan fingerprint density at radius 1 is 1.14 bits per heavy atom. The Hall–Kier alpha value is -1.57. The number of aromatic nitrogens is 2. The van der Waals surface area contributed by atoms with Crippen LogP contribution in [0.5, 0.6) is 5.75 Å². The van der Waals surface area contributed by atoms with Crippen molar-refractivity contribution in [1.29, 1.82) is 0 Å². The van der Waals surface area contributed by atoms with E-state index in [2.05, 4.69) is 9.97 Å². The summed E-state index contributed by atoms with van der Waals surface area (Å²) in [5.74, 6) is 1.33. The SMILES string of the molecule is Cc1cc(C)nc(SCCOc2cccc(B(O)O)c2)n1. The molecule has 0 saturated carbocycles. The first kappa shape index (κ1) is 15.8. The Morgan fingerprint density at radius 2 is 1.86 bits per heavy atom. The van der Waals surface area contributed by atoms with Crippen molar-refractivity contribution < 1.29 is 14.8 Å². The van der Waals surface area contributed by atoms with E-state index >= 15 is 0 Å². The van der Waals surface area contributed by atoms with Crippen LogP contribution in [0.1, 0.15) is 11.4 Å². The molecular formula is C14H17BN2O3S. The second-order valence-corrected chi connectivity index (χ2v) is 5.64. The Balaban J connectivity index is 1.83. The molecule has 110 valence electrons. The van der Waals surface area contributed by atoms with Crippen molar-refractivity contribution in [3.63, 3.8) is 0 Å². The van der Waals surface area contributed by atoms with Crippen LogP contribution in [0.3, 0.4) is 0 Å². The Morgan fingerprint density at radius 3 is 2.52 bits per heavy atom. The van der Waals surface area contributed by atoms with Gasteiger partial charge < -0.3 is 14.8 Å². The van der Waals surface area contributed by atoms with Crippen molar-refractivity contribution in [1.82, 2.24) is 9.97 Å². The van der Waals surface area contributed by atoms with Gasteiger partial charge >= 0.3 is 7.12 Å². The number of nitrogens with zero attached hydrogens (tertiary/aromatic N) is 2. The quantitative estimate of drug-likeness (QED) is 0.358. The molecule has 21 heavy (non-hydrogen) atoms. The molecule has 0 unspecified atom stereocenters. The minimum atomic E-state index is -1.48. The van der Waals surface area contributed by atoms with E-state index in [0.717, 1.165) is 22.3 Å². The molecule has 0 aliphatic heterocycles. The first-order chi connectivity index (χ1) is 10.0. The summed E-state index contributed by atoms with van der Waals surface area (Å²) >= 11 is 1.53.